The van der Waals surface area contributed by atoms with E-state index in [2.05, 4.69) is 21.2 Å². The Hall–Kier alpha value is -0.880. The molecule has 4 nitrogen and oxygen atoms in total. The van der Waals surface area contributed by atoms with Crippen molar-refractivity contribution < 1.29 is 13.2 Å². The van der Waals surface area contributed by atoms with Crippen molar-refractivity contribution in [3.05, 3.63) is 28.7 Å². The van der Waals surface area contributed by atoms with E-state index in [9.17, 15) is 13.2 Å². The predicted molar refractivity (Wildman–Crippen MR) is 74.1 cm³/mol. The number of nitrogens with one attached hydrogen (secondary N) is 1. The largest absolute Gasteiger partial charge is 0.326 e. The molecule has 98 valence electrons. The number of rotatable bonds is 3. The Morgan fingerprint density at radius 1 is 1.44 bits per heavy atom. The average Bonchev–Trinajstić information content (AvgIpc) is 2.57. The van der Waals surface area contributed by atoms with Gasteiger partial charge < -0.3 is 5.32 Å². The molecule has 1 heterocycles. The molecule has 1 N–H and O–H groups in total. The molecule has 1 aromatic carbocycles. The van der Waals surface area contributed by atoms with E-state index >= 15 is 0 Å². The van der Waals surface area contributed by atoms with Crippen molar-refractivity contribution >= 4 is 37.4 Å². The van der Waals surface area contributed by atoms with Gasteiger partial charge in [0, 0.05) is 16.6 Å². The standard InChI is InChI=1S/C12H14BrNO3S/c13-10-2-1-3-11(7-10)14-12(15)6-9-4-5-18(16,17)8-9/h1-3,7,9H,4-6,8H2,(H,14,15)/t9-/m0/s1. The summed E-state index contributed by atoms with van der Waals surface area (Å²) in [6.07, 6.45) is 0.861. The lowest BCUT2D eigenvalue weighted by molar-refractivity contribution is -0.116. The van der Waals surface area contributed by atoms with Gasteiger partial charge in [0.2, 0.25) is 5.91 Å². The zero-order valence-corrected chi connectivity index (χ0v) is 12.1. The maximum Gasteiger partial charge on any atom is 0.224 e. The number of benzene rings is 1. The van der Waals surface area contributed by atoms with Crippen LogP contribution < -0.4 is 5.32 Å². The molecule has 2 rings (SSSR count). The van der Waals surface area contributed by atoms with Gasteiger partial charge in [0.25, 0.3) is 0 Å². The average molecular weight is 332 g/mol. The summed E-state index contributed by atoms with van der Waals surface area (Å²) in [5.74, 6) is 0.179. The summed E-state index contributed by atoms with van der Waals surface area (Å²) in [4.78, 5) is 11.8. The number of hydrogen-bond acceptors (Lipinski definition) is 3. The zero-order chi connectivity index (χ0) is 13.2. The van der Waals surface area contributed by atoms with E-state index in [4.69, 9.17) is 0 Å². The molecular weight excluding hydrogens is 318 g/mol. The predicted octanol–water partition coefficient (Wildman–Crippen LogP) is 2.21. The highest BCUT2D eigenvalue weighted by Crippen LogP contribution is 2.22. The Kier molecular flexibility index (Phi) is 4.07. The quantitative estimate of drug-likeness (QED) is 0.923. The third kappa shape index (κ3) is 3.81. The SMILES string of the molecule is O=C(C[C@@H]1CCS(=O)(=O)C1)Nc1cccc(Br)c1. The van der Waals surface area contributed by atoms with Crippen molar-refractivity contribution in [1.29, 1.82) is 0 Å². The Morgan fingerprint density at radius 2 is 2.22 bits per heavy atom. The minimum atomic E-state index is -2.91. The number of anilines is 1. The fourth-order valence-electron chi connectivity index (χ4n) is 2.07. The van der Waals surface area contributed by atoms with Crippen molar-refractivity contribution in [2.45, 2.75) is 12.8 Å². The minimum Gasteiger partial charge on any atom is -0.326 e. The molecule has 0 spiro atoms. The monoisotopic (exact) mass is 331 g/mol. The Balaban J connectivity index is 1.90. The molecule has 18 heavy (non-hydrogen) atoms. The fraction of sp³-hybridized carbons (Fsp3) is 0.417. The molecule has 1 fully saturated rings. The van der Waals surface area contributed by atoms with Crippen molar-refractivity contribution in [3.63, 3.8) is 0 Å². The molecule has 6 heteroatoms. The van der Waals surface area contributed by atoms with Gasteiger partial charge in [-0.1, -0.05) is 22.0 Å². The van der Waals surface area contributed by atoms with E-state index in [-0.39, 0.29) is 29.8 Å². The van der Waals surface area contributed by atoms with Gasteiger partial charge in [-0.3, -0.25) is 4.79 Å². The first-order chi connectivity index (χ1) is 8.44. The minimum absolute atomic E-state index is 0.0397. The normalized spacial score (nSPS) is 21.7. The Bertz CT molecular complexity index is 556. The van der Waals surface area contributed by atoms with Crippen molar-refractivity contribution in [3.8, 4) is 0 Å². The van der Waals surface area contributed by atoms with Crippen LogP contribution in [0.3, 0.4) is 0 Å². The van der Waals surface area contributed by atoms with Crippen molar-refractivity contribution in [2.75, 3.05) is 16.8 Å². The van der Waals surface area contributed by atoms with Crippen LogP contribution in [-0.2, 0) is 14.6 Å². The third-order valence-electron chi connectivity index (χ3n) is 2.91. The summed E-state index contributed by atoms with van der Waals surface area (Å²) in [6, 6.07) is 7.32. The van der Waals surface area contributed by atoms with Gasteiger partial charge >= 0.3 is 0 Å². The molecule has 1 aliphatic rings. The van der Waals surface area contributed by atoms with E-state index < -0.39 is 9.84 Å². The molecule has 0 bridgehead atoms. The summed E-state index contributed by atoms with van der Waals surface area (Å²) in [5, 5.41) is 2.77. The van der Waals surface area contributed by atoms with Gasteiger partial charge in [-0.2, -0.15) is 0 Å². The third-order valence-corrected chi connectivity index (χ3v) is 5.24. The maximum absolute atomic E-state index is 11.8. The second kappa shape index (κ2) is 5.40. The van der Waals surface area contributed by atoms with Crippen LogP contribution in [0.2, 0.25) is 0 Å². The van der Waals surface area contributed by atoms with Crippen LogP contribution in [0.15, 0.2) is 28.7 Å². The second-order valence-electron chi connectivity index (χ2n) is 4.53. The first-order valence-electron chi connectivity index (χ1n) is 5.70. The molecule has 0 radical (unpaired) electrons. The van der Waals surface area contributed by atoms with Crippen molar-refractivity contribution in [1.82, 2.24) is 0 Å². The molecule has 1 aromatic rings. The number of carbonyl (C=O) groups is 1. The van der Waals surface area contributed by atoms with Gasteiger partial charge in [-0.05, 0) is 30.5 Å². The molecule has 0 aromatic heterocycles. The summed E-state index contributed by atoms with van der Waals surface area (Å²) in [7, 11) is -2.91. The van der Waals surface area contributed by atoms with E-state index in [1.165, 1.54) is 0 Å². The molecule has 1 aliphatic heterocycles. The van der Waals surface area contributed by atoms with E-state index in [1.807, 2.05) is 18.2 Å². The topological polar surface area (TPSA) is 63.2 Å². The van der Waals surface area contributed by atoms with E-state index in [0.29, 0.717) is 6.42 Å². The lowest BCUT2D eigenvalue weighted by Crippen LogP contribution is -2.17. The van der Waals surface area contributed by atoms with Crippen LogP contribution in [0.1, 0.15) is 12.8 Å². The maximum atomic E-state index is 11.8. The van der Waals surface area contributed by atoms with Crippen LogP contribution in [0.4, 0.5) is 5.69 Å². The zero-order valence-electron chi connectivity index (χ0n) is 9.73. The Labute approximate surface area is 115 Å². The lowest BCUT2D eigenvalue weighted by Gasteiger charge is -2.08. The fourth-order valence-corrected chi connectivity index (χ4v) is 4.33. The number of sulfone groups is 1. The molecule has 1 amide bonds. The smallest absolute Gasteiger partial charge is 0.224 e. The number of hydrogen-bond donors (Lipinski definition) is 1. The van der Waals surface area contributed by atoms with Crippen LogP contribution in [0.5, 0.6) is 0 Å². The second-order valence-corrected chi connectivity index (χ2v) is 7.68. The molecule has 1 saturated heterocycles. The summed E-state index contributed by atoms with van der Waals surface area (Å²) in [6.45, 7) is 0. The lowest BCUT2D eigenvalue weighted by atomic mass is 10.1. The molecule has 0 saturated carbocycles. The van der Waals surface area contributed by atoms with Crippen molar-refractivity contribution in [2.24, 2.45) is 5.92 Å². The van der Waals surface area contributed by atoms with Gasteiger partial charge in [0.05, 0.1) is 11.5 Å². The van der Waals surface area contributed by atoms with Gasteiger partial charge in [0.15, 0.2) is 9.84 Å². The van der Waals surface area contributed by atoms with Crippen LogP contribution in [0.25, 0.3) is 0 Å². The number of carbonyl (C=O) groups excluding carboxylic acids is 1. The summed E-state index contributed by atoms with van der Waals surface area (Å²) < 4.78 is 23.5. The number of amides is 1. The van der Waals surface area contributed by atoms with Gasteiger partial charge in [0.1, 0.15) is 0 Å². The summed E-state index contributed by atoms with van der Waals surface area (Å²) in [5.41, 5.74) is 0.718. The highest BCUT2D eigenvalue weighted by atomic mass is 79.9. The van der Waals surface area contributed by atoms with Gasteiger partial charge in [-0.15, -0.1) is 0 Å². The summed E-state index contributed by atoms with van der Waals surface area (Å²) >= 11 is 3.32. The highest BCUT2D eigenvalue weighted by Gasteiger charge is 2.29. The number of halogens is 1. The highest BCUT2D eigenvalue weighted by molar-refractivity contribution is 9.10. The van der Waals surface area contributed by atoms with E-state index in [1.54, 1.807) is 6.07 Å². The molecule has 1 atom stereocenters. The van der Waals surface area contributed by atoms with Crippen LogP contribution >= 0.6 is 15.9 Å². The van der Waals surface area contributed by atoms with Crippen LogP contribution in [-0.4, -0.2) is 25.8 Å². The Morgan fingerprint density at radius 3 is 2.83 bits per heavy atom. The molecule has 0 aliphatic carbocycles. The molecule has 0 unspecified atom stereocenters. The first kappa shape index (κ1) is 13.5. The van der Waals surface area contributed by atoms with Gasteiger partial charge in [-0.25, -0.2) is 8.42 Å². The van der Waals surface area contributed by atoms with Crippen LogP contribution in [0, 0.1) is 5.92 Å². The first-order valence-corrected chi connectivity index (χ1v) is 8.32. The van der Waals surface area contributed by atoms with E-state index in [0.717, 1.165) is 10.2 Å². The molecular formula is C12H14BrNO3S.